The summed E-state index contributed by atoms with van der Waals surface area (Å²) in [6.45, 7) is 12.1. The van der Waals surface area contributed by atoms with Gasteiger partial charge in [-0.05, 0) is 130 Å². The maximum Gasteiger partial charge on any atom is 0.0705 e. The van der Waals surface area contributed by atoms with Crippen LogP contribution in [0.15, 0.2) is 0 Å². The predicted octanol–water partition coefficient (Wildman–Crippen LogP) is 6.29. The van der Waals surface area contributed by atoms with E-state index in [-0.39, 0.29) is 11.5 Å². The number of likely N-dealkylation sites (N-methyl/N-ethyl adjacent to an activating group) is 1. The zero-order valence-electron chi connectivity index (χ0n) is 22.2. The zero-order valence-corrected chi connectivity index (χ0v) is 22.2. The molecular formula is C30H51NO2. The van der Waals surface area contributed by atoms with Gasteiger partial charge < -0.3 is 14.7 Å². The maximum atomic E-state index is 10.8. The monoisotopic (exact) mass is 457 g/mol. The summed E-state index contributed by atoms with van der Waals surface area (Å²) in [6.07, 6.45) is 17.0. The van der Waals surface area contributed by atoms with Crippen LogP contribution in [0.2, 0.25) is 0 Å². The highest BCUT2D eigenvalue weighted by molar-refractivity contribution is 5.29. The predicted molar refractivity (Wildman–Crippen MR) is 134 cm³/mol. The molecule has 0 aromatic carbocycles. The van der Waals surface area contributed by atoms with E-state index in [1.165, 1.54) is 77.2 Å². The summed E-state index contributed by atoms with van der Waals surface area (Å²) in [5.74, 6) is 3.36. The topological polar surface area (TPSA) is 32.7 Å². The molecule has 3 nitrogen and oxygen atoms in total. The lowest BCUT2D eigenvalue weighted by molar-refractivity contribution is -0.135. The number of nitrogens with zero attached hydrogens (tertiary/aromatic N) is 1. The molecule has 1 N–H and O–H groups in total. The molecule has 0 aromatic rings. The first-order chi connectivity index (χ1) is 15.7. The van der Waals surface area contributed by atoms with Crippen LogP contribution in [0.4, 0.5) is 0 Å². The molecule has 8 unspecified atom stereocenters. The van der Waals surface area contributed by atoms with E-state index in [0.29, 0.717) is 28.5 Å². The highest BCUT2D eigenvalue weighted by Gasteiger charge is 2.80. The van der Waals surface area contributed by atoms with E-state index in [1.807, 2.05) is 0 Å². The van der Waals surface area contributed by atoms with Crippen LogP contribution in [-0.4, -0.2) is 48.5 Å². The summed E-state index contributed by atoms with van der Waals surface area (Å²) in [5.41, 5.74) is 1.81. The van der Waals surface area contributed by atoms with E-state index in [1.54, 1.807) is 0 Å². The molecule has 1 saturated heterocycles. The number of ether oxygens (including phenoxy) is 1. The molecule has 5 aliphatic carbocycles. The van der Waals surface area contributed by atoms with E-state index in [0.717, 1.165) is 36.6 Å². The number of rotatable bonds is 5. The lowest BCUT2D eigenvalue weighted by Gasteiger charge is -2.59. The van der Waals surface area contributed by atoms with Crippen LogP contribution in [-0.2, 0) is 4.74 Å². The first-order valence-corrected chi connectivity index (χ1v) is 14.7. The van der Waals surface area contributed by atoms with Crippen molar-refractivity contribution in [2.45, 2.75) is 123 Å². The summed E-state index contributed by atoms with van der Waals surface area (Å²) in [6, 6.07) is 0. The molecule has 188 valence electrons. The van der Waals surface area contributed by atoms with Crippen molar-refractivity contribution in [2.75, 3.05) is 20.1 Å². The lowest BCUT2D eigenvalue weighted by Crippen LogP contribution is -2.54. The van der Waals surface area contributed by atoms with Crippen LogP contribution in [0.3, 0.4) is 0 Å². The van der Waals surface area contributed by atoms with Gasteiger partial charge in [-0.1, -0.05) is 34.1 Å². The minimum absolute atomic E-state index is 0.0914. The fraction of sp³-hybridized carbons (Fsp3) is 1.00. The third-order valence-corrected chi connectivity index (χ3v) is 13.1. The molecule has 0 amide bonds. The number of fused-ring (bicyclic) bond motifs is 4. The molecule has 0 bridgehead atoms. The maximum absolute atomic E-state index is 10.8. The van der Waals surface area contributed by atoms with E-state index in [2.05, 4.69) is 39.6 Å². The van der Waals surface area contributed by atoms with Gasteiger partial charge >= 0.3 is 0 Å². The summed E-state index contributed by atoms with van der Waals surface area (Å²) in [5, 5.41) is 10.8. The Morgan fingerprint density at radius 2 is 1.70 bits per heavy atom. The van der Waals surface area contributed by atoms with Crippen molar-refractivity contribution < 1.29 is 9.84 Å². The summed E-state index contributed by atoms with van der Waals surface area (Å²) >= 11 is 0. The van der Waals surface area contributed by atoms with E-state index < -0.39 is 0 Å². The van der Waals surface area contributed by atoms with Gasteiger partial charge in [0.05, 0.1) is 18.3 Å². The Bertz CT molecular complexity index is 766. The molecule has 6 rings (SSSR count). The molecule has 1 heterocycles. The lowest BCUT2D eigenvalue weighted by atomic mass is 9.46. The van der Waals surface area contributed by atoms with Crippen molar-refractivity contribution in [3.05, 3.63) is 0 Å². The first kappa shape index (κ1) is 23.3. The molecule has 3 heteroatoms. The van der Waals surface area contributed by atoms with Gasteiger partial charge in [-0.3, -0.25) is 0 Å². The van der Waals surface area contributed by atoms with Gasteiger partial charge in [0.1, 0.15) is 0 Å². The Balaban J connectivity index is 1.19. The standard InChI is InChI=1S/C30H51NO2/c1-6-7-16-31(5)18-20-8-9-22-24(33-20)17-23-21-10-11-25-27(2,3)26(32)12-13-30(25)19-29(21,30)15-14-28(22,23)4/h20-26,32H,6-19H2,1-5H3/t20?,21?,22?,23?,24?,25?,26-,28?,29?,30+/m0/s1. The number of aliphatic hydroxyl groups excluding tert-OH is 1. The van der Waals surface area contributed by atoms with Crippen molar-refractivity contribution in [1.82, 2.24) is 4.90 Å². The Labute approximate surface area is 203 Å². The van der Waals surface area contributed by atoms with Crippen molar-refractivity contribution in [2.24, 2.45) is 45.3 Å². The summed E-state index contributed by atoms with van der Waals surface area (Å²) in [4.78, 5) is 2.52. The zero-order chi connectivity index (χ0) is 23.2. The molecule has 5 saturated carbocycles. The molecule has 0 radical (unpaired) electrons. The second kappa shape index (κ2) is 7.69. The van der Waals surface area contributed by atoms with Gasteiger partial charge in [0.2, 0.25) is 0 Å². The molecule has 10 atom stereocenters. The average molecular weight is 458 g/mol. The van der Waals surface area contributed by atoms with Crippen LogP contribution in [0, 0.1) is 45.3 Å². The van der Waals surface area contributed by atoms with Gasteiger partial charge in [0.15, 0.2) is 0 Å². The highest BCUT2D eigenvalue weighted by Crippen LogP contribution is 2.87. The van der Waals surface area contributed by atoms with Gasteiger partial charge in [0.25, 0.3) is 0 Å². The minimum Gasteiger partial charge on any atom is -0.393 e. The van der Waals surface area contributed by atoms with Crippen LogP contribution < -0.4 is 0 Å². The van der Waals surface area contributed by atoms with Crippen molar-refractivity contribution >= 4 is 0 Å². The normalized spacial score (nSPS) is 54.1. The minimum atomic E-state index is -0.0914. The number of unbranched alkanes of at least 4 members (excludes halogenated alkanes) is 1. The fourth-order valence-electron chi connectivity index (χ4n) is 11.3. The molecular weight excluding hydrogens is 406 g/mol. The van der Waals surface area contributed by atoms with Gasteiger partial charge in [0, 0.05) is 6.54 Å². The summed E-state index contributed by atoms with van der Waals surface area (Å²) in [7, 11) is 2.29. The SMILES string of the molecule is CCCCN(C)CC1CCC2C(CC3C4CCC5C(C)(C)[C@@H](O)CC[C@@]56CC46CCC23C)O1. The van der Waals surface area contributed by atoms with Crippen molar-refractivity contribution in [1.29, 1.82) is 0 Å². The van der Waals surface area contributed by atoms with E-state index in [9.17, 15) is 5.11 Å². The smallest absolute Gasteiger partial charge is 0.0705 e. The number of aliphatic hydroxyl groups is 1. The molecule has 33 heavy (non-hydrogen) atoms. The first-order valence-electron chi connectivity index (χ1n) is 14.7. The molecule has 2 spiro atoms. The van der Waals surface area contributed by atoms with E-state index in [4.69, 9.17) is 4.74 Å². The van der Waals surface area contributed by atoms with Crippen molar-refractivity contribution in [3.8, 4) is 0 Å². The van der Waals surface area contributed by atoms with Crippen LogP contribution in [0.5, 0.6) is 0 Å². The Kier molecular flexibility index (Phi) is 5.43. The Morgan fingerprint density at radius 1 is 0.909 bits per heavy atom. The Hall–Kier alpha value is -0.120. The fourth-order valence-corrected chi connectivity index (χ4v) is 11.3. The van der Waals surface area contributed by atoms with Gasteiger partial charge in [-0.2, -0.15) is 0 Å². The number of hydrogen-bond acceptors (Lipinski definition) is 3. The largest absolute Gasteiger partial charge is 0.393 e. The molecule has 1 aliphatic heterocycles. The second-order valence-corrected chi connectivity index (χ2v) is 14.5. The van der Waals surface area contributed by atoms with Gasteiger partial charge in [-0.25, -0.2) is 0 Å². The third kappa shape index (κ3) is 3.10. The van der Waals surface area contributed by atoms with Gasteiger partial charge in [-0.15, -0.1) is 0 Å². The quantitative estimate of drug-likeness (QED) is 0.527. The van der Waals surface area contributed by atoms with E-state index >= 15 is 0 Å². The Morgan fingerprint density at radius 3 is 2.48 bits per heavy atom. The molecule has 0 aromatic heterocycles. The van der Waals surface area contributed by atoms with Crippen LogP contribution in [0.25, 0.3) is 0 Å². The van der Waals surface area contributed by atoms with Crippen LogP contribution >= 0.6 is 0 Å². The van der Waals surface area contributed by atoms with Crippen LogP contribution in [0.1, 0.15) is 105 Å². The van der Waals surface area contributed by atoms with Crippen molar-refractivity contribution in [3.63, 3.8) is 0 Å². The third-order valence-electron chi connectivity index (χ3n) is 13.1. The highest BCUT2D eigenvalue weighted by atomic mass is 16.5. The average Bonchev–Trinajstić information content (AvgIpc) is 3.36. The number of hydrogen-bond donors (Lipinski definition) is 1. The molecule has 6 fully saturated rings. The second-order valence-electron chi connectivity index (χ2n) is 14.5. The summed E-state index contributed by atoms with van der Waals surface area (Å²) < 4.78 is 6.92. The molecule has 6 aliphatic rings.